The van der Waals surface area contributed by atoms with E-state index in [-0.39, 0.29) is 17.9 Å². The number of carbonyl (C=O) groups is 1. The Kier molecular flexibility index (Phi) is 3.71. The summed E-state index contributed by atoms with van der Waals surface area (Å²) >= 11 is 1.44. The molecule has 2 rings (SSSR count). The van der Waals surface area contributed by atoms with Gasteiger partial charge in [0.05, 0.1) is 12.0 Å². The van der Waals surface area contributed by atoms with E-state index in [2.05, 4.69) is 6.07 Å². The molecule has 5 heteroatoms. The first-order valence-corrected chi connectivity index (χ1v) is 6.44. The fourth-order valence-electron chi connectivity index (χ4n) is 1.99. The van der Waals surface area contributed by atoms with Crippen molar-refractivity contribution in [3.8, 4) is 0 Å². The number of aliphatic hydroxyl groups excluding tert-OH is 1. The second-order valence-corrected chi connectivity index (χ2v) is 5.36. The SMILES string of the molecule is CC(=O)N1CCc2cc(SC(N)CO)ccc21. The molecule has 1 unspecified atom stereocenters. The van der Waals surface area contributed by atoms with E-state index in [1.165, 1.54) is 17.3 Å². The lowest BCUT2D eigenvalue weighted by atomic mass is 10.2. The number of carbonyl (C=O) groups excluding carboxylic acids is 1. The van der Waals surface area contributed by atoms with E-state index in [0.29, 0.717) is 0 Å². The molecule has 17 heavy (non-hydrogen) atoms. The number of anilines is 1. The topological polar surface area (TPSA) is 66.6 Å². The molecular formula is C12H16N2O2S. The van der Waals surface area contributed by atoms with Crippen LogP contribution in [0.25, 0.3) is 0 Å². The van der Waals surface area contributed by atoms with E-state index in [9.17, 15) is 4.79 Å². The monoisotopic (exact) mass is 252 g/mol. The Morgan fingerprint density at radius 1 is 1.65 bits per heavy atom. The Morgan fingerprint density at radius 2 is 2.41 bits per heavy atom. The molecule has 1 aromatic rings. The Hall–Kier alpha value is -1.04. The van der Waals surface area contributed by atoms with Crippen LogP contribution in [0.3, 0.4) is 0 Å². The Labute approximate surface area is 105 Å². The normalized spacial score (nSPS) is 15.8. The highest BCUT2D eigenvalue weighted by molar-refractivity contribution is 7.99. The lowest BCUT2D eigenvalue weighted by molar-refractivity contribution is -0.116. The molecule has 0 fully saturated rings. The number of hydrogen-bond donors (Lipinski definition) is 2. The third-order valence-electron chi connectivity index (χ3n) is 2.79. The second-order valence-electron chi connectivity index (χ2n) is 4.05. The van der Waals surface area contributed by atoms with Crippen LogP contribution in [0.2, 0.25) is 0 Å². The number of fused-ring (bicyclic) bond motifs is 1. The zero-order chi connectivity index (χ0) is 12.4. The second kappa shape index (κ2) is 5.08. The van der Waals surface area contributed by atoms with Crippen molar-refractivity contribution in [3.05, 3.63) is 23.8 Å². The van der Waals surface area contributed by atoms with Gasteiger partial charge in [-0.25, -0.2) is 0 Å². The molecule has 4 nitrogen and oxygen atoms in total. The smallest absolute Gasteiger partial charge is 0.223 e. The minimum absolute atomic E-state index is 0.0404. The maximum atomic E-state index is 11.4. The Morgan fingerprint density at radius 3 is 3.06 bits per heavy atom. The summed E-state index contributed by atoms with van der Waals surface area (Å²) in [6.45, 7) is 2.30. The third kappa shape index (κ3) is 2.62. The fourth-order valence-corrected chi connectivity index (χ4v) is 2.77. The number of aliphatic hydroxyl groups is 1. The molecule has 0 spiro atoms. The van der Waals surface area contributed by atoms with E-state index < -0.39 is 0 Å². The van der Waals surface area contributed by atoms with Gasteiger partial charge in [0.25, 0.3) is 0 Å². The molecule has 0 radical (unpaired) electrons. The van der Waals surface area contributed by atoms with Gasteiger partial charge in [-0.15, -0.1) is 11.8 Å². The van der Waals surface area contributed by atoms with Crippen LogP contribution in [-0.4, -0.2) is 29.5 Å². The van der Waals surface area contributed by atoms with Gasteiger partial charge in [-0.3, -0.25) is 4.79 Å². The third-order valence-corrected chi connectivity index (χ3v) is 3.77. The molecule has 92 valence electrons. The predicted molar refractivity (Wildman–Crippen MR) is 69.1 cm³/mol. The zero-order valence-electron chi connectivity index (χ0n) is 9.72. The van der Waals surface area contributed by atoms with Crippen molar-refractivity contribution >= 4 is 23.4 Å². The molecule has 0 aliphatic carbocycles. The standard InChI is InChI=1S/C12H16N2O2S/c1-8(16)14-5-4-9-6-10(2-3-11(9)14)17-12(13)7-15/h2-3,6,12,15H,4-5,7,13H2,1H3. The molecule has 3 N–H and O–H groups in total. The summed E-state index contributed by atoms with van der Waals surface area (Å²) in [6, 6.07) is 5.95. The molecule has 0 aromatic heterocycles. The average molecular weight is 252 g/mol. The molecular weight excluding hydrogens is 236 g/mol. The van der Waals surface area contributed by atoms with E-state index in [1.807, 2.05) is 12.1 Å². The summed E-state index contributed by atoms with van der Waals surface area (Å²) in [7, 11) is 0. The lowest BCUT2D eigenvalue weighted by Gasteiger charge is -2.15. The van der Waals surface area contributed by atoms with Crippen LogP contribution in [0, 0.1) is 0 Å². The predicted octanol–water partition coefficient (Wildman–Crippen LogP) is 0.965. The zero-order valence-corrected chi connectivity index (χ0v) is 10.5. The molecule has 1 aliphatic rings. The van der Waals surface area contributed by atoms with Crippen LogP contribution in [0.15, 0.2) is 23.1 Å². The maximum Gasteiger partial charge on any atom is 0.223 e. The van der Waals surface area contributed by atoms with E-state index in [1.54, 1.807) is 11.8 Å². The van der Waals surface area contributed by atoms with Crippen molar-refractivity contribution in [3.63, 3.8) is 0 Å². The summed E-state index contributed by atoms with van der Waals surface area (Å²) < 4.78 is 0. The maximum absolute atomic E-state index is 11.4. The van der Waals surface area contributed by atoms with Gasteiger partial charge in [0, 0.05) is 24.1 Å². The number of hydrogen-bond acceptors (Lipinski definition) is 4. The lowest BCUT2D eigenvalue weighted by Crippen LogP contribution is -2.25. The minimum atomic E-state index is -0.293. The number of amides is 1. The molecule has 1 aliphatic heterocycles. The summed E-state index contributed by atoms with van der Waals surface area (Å²) in [5, 5.41) is 8.61. The van der Waals surface area contributed by atoms with Crippen LogP contribution < -0.4 is 10.6 Å². The largest absolute Gasteiger partial charge is 0.394 e. The van der Waals surface area contributed by atoms with Crippen LogP contribution >= 0.6 is 11.8 Å². The fraction of sp³-hybridized carbons (Fsp3) is 0.417. The van der Waals surface area contributed by atoms with Crippen molar-refractivity contribution in [2.24, 2.45) is 5.73 Å². The number of benzene rings is 1. The number of nitrogens with two attached hydrogens (primary N) is 1. The molecule has 1 amide bonds. The highest BCUT2D eigenvalue weighted by atomic mass is 32.2. The first-order chi connectivity index (χ1) is 8.11. The van der Waals surface area contributed by atoms with Crippen molar-refractivity contribution < 1.29 is 9.90 Å². The van der Waals surface area contributed by atoms with Gasteiger partial charge in [0.2, 0.25) is 5.91 Å². The molecule has 1 atom stereocenters. The quantitative estimate of drug-likeness (QED) is 0.621. The van der Waals surface area contributed by atoms with E-state index in [4.69, 9.17) is 10.8 Å². The number of nitrogens with zero attached hydrogens (tertiary/aromatic N) is 1. The van der Waals surface area contributed by atoms with Crippen LogP contribution in [0.5, 0.6) is 0 Å². The van der Waals surface area contributed by atoms with Crippen molar-refractivity contribution in [2.45, 2.75) is 23.6 Å². The van der Waals surface area contributed by atoms with Gasteiger partial charge in [-0.05, 0) is 30.2 Å². The van der Waals surface area contributed by atoms with Crippen molar-refractivity contribution in [1.82, 2.24) is 0 Å². The highest BCUT2D eigenvalue weighted by Gasteiger charge is 2.22. The van der Waals surface area contributed by atoms with Gasteiger partial charge >= 0.3 is 0 Å². The molecule has 1 heterocycles. The first kappa shape index (κ1) is 12.4. The van der Waals surface area contributed by atoms with Crippen molar-refractivity contribution in [1.29, 1.82) is 0 Å². The number of rotatable bonds is 3. The van der Waals surface area contributed by atoms with E-state index >= 15 is 0 Å². The van der Waals surface area contributed by atoms with Crippen LogP contribution in [-0.2, 0) is 11.2 Å². The molecule has 1 aromatic carbocycles. The average Bonchev–Trinajstić information content (AvgIpc) is 2.71. The van der Waals surface area contributed by atoms with Gasteiger partial charge in [-0.2, -0.15) is 0 Å². The Bertz CT molecular complexity index is 437. The molecule has 0 saturated carbocycles. The first-order valence-electron chi connectivity index (χ1n) is 5.56. The Balaban J connectivity index is 2.19. The van der Waals surface area contributed by atoms with E-state index in [0.717, 1.165) is 23.5 Å². The van der Waals surface area contributed by atoms with Gasteiger partial charge in [-0.1, -0.05) is 0 Å². The summed E-state index contributed by atoms with van der Waals surface area (Å²) in [4.78, 5) is 14.2. The summed E-state index contributed by atoms with van der Waals surface area (Å²) in [5.41, 5.74) is 7.85. The molecule has 0 bridgehead atoms. The molecule has 0 saturated heterocycles. The van der Waals surface area contributed by atoms with Crippen molar-refractivity contribution in [2.75, 3.05) is 18.1 Å². The van der Waals surface area contributed by atoms with Crippen LogP contribution in [0.1, 0.15) is 12.5 Å². The van der Waals surface area contributed by atoms with Gasteiger partial charge < -0.3 is 15.7 Å². The minimum Gasteiger partial charge on any atom is -0.394 e. The van der Waals surface area contributed by atoms with Gasteiger partial charge in [0.15, 0.2) is 0 Å². The number of thioether (sulfide) groups is 1. The summed E-state index contributed by atoms with van der Waals surface area (Å²) in [5.74, 6) is 0.0798. The van der Waals surface area contributed by atoms with Gasteiger partial charge in [0.1, 0.15) is 0 Å². The van der Waals surface area contributed by atoms with Crippen LogP contribution in [0.4, 0.5) is 5.69 Å². The highest BCUT2D eigenvalue weighted by Crippen LogP contribution is 2.32. The summed E-state index contributed by atoms with van der Waals surface area (Å²) in [6.07, 6.45) is 0.887.